The molecule has 0 N–H and O–H groups in total. The molecule has 0 aliphatic heterocycles. The van der Waals surface area contributed by atoms with Crippen LogP contribution in [0.4, 0.5) is 0 Å². The van der Waals surface area contributed by atoms with E-state index < -0.39 is 0 Å². The minimum absolute atomic E-state index is 0.544. The quantitative estimate of drug-likeness (QED) is 0.0821. The van der Waals surface area contributed by atoms with E-state index in [1.807, 2.05) is 0 Å². The first-order valence-corrected chi connectivity index (χ1v) is 14.6. The third-order valence-electron chi connectivity index (χ3n) is 5.48. The number of rotatable bonds is 34. The van der Waals surface area contributed by atoms with Gasteiger partial charge in [0, 0.05) is 6.61 Å². The van der Waals surface area contributed by atoms with Crippen LogP contribution in [0.25, 0.3) is 0 Å². The summed E-state index contributed by atoms with van der Waals surface area (Å²) in [6.07, 6.45) is 15.2. The van der Waals surface area contributed by atoms with E-state index in [4.69, 9.17) is 37.9 Å². The molecule has 0 fully saturated rings. The molecule has 0 heterocycles. The summed E-state index contributed by atoms with van der Waals surface area (Å²) < 4.78 is 43.6. The van der Waals surface area contributed by atoms with Gasteiger partial charge in [0.05, 0.1) is 99.1 Å². The highest BCUT2D eigenvalue weighted by Gasteiger charge is 1.96. The normalized spacial score (nSPS) is 11.4. The van der Waals surface area contributed by atoms with Crippen molar-refractivity contribution < 1.29 is 37.9 Å². The van der Waals surface area contributed by atoms with Gasteiger partial charge in [0.15, 0.2) is 0 Å². The van der Waals surface area contributed by atoms with Gasteiger partial charge in [0.1, 0.15) is 0 Å². The Morgan fingerprint density at radius 3 is 0.946 bits per heavy atom. The average molecular weight is 535 g/mol. The van der Waals surface area contributed by atoms with E-state index in [1.165, 1.54) is 57.8 Å². The topological polar surface area (TPSA) is 73.8 Å². The molecule has 0 amide bonds. The number of ether oxygens (including phenoxy) is 8. The van der Waals surface area contributed by atoms with Crippen LogP contribution in [0.15, 0.2) is 12.7 Å². The van der Waals surface area contributed by atoms with Crippen molar-refractivity contribution in [1.82, 2.24) is 0 Å². The van der Waals surface area contributed by atoms with Crippen LogP contribution in [-0.2, 0) is 37.9 Å². The second-order valence-electron chi connectivity index (χ2n) is 8.83. The Morgan fingerprint density at radius 2 is 0.622 bits per heavy atom. The van der Waals surface area contributed by atoms with Crippen molar-refractivity contribution in [2.45, 2.75) is 71.1 Å². The van der Waals surface area contributed by atoms with Crippen molar-refractivity contribution in [1.29, 1.82) is 0 Å². The Kier molecular flexibility index (Phi) is 34.9. The van der Waals surface area contributed by atoms with Crippen LogP contribution in [0.3, 0.4) is 0 Å². The number of hydrogen-bond acceptors (Lipinski definition) is 8. The first-order chi connectivity index (χ1) is 18.4. The zero-order valence-electron chi connectivity index (χ0n) is 23.9. The average Bonchev–Trinajstić information content (AvgIpc) is 2.91. The van der Waals surface area contributed by atoms with Gasteiger partial charge < -0.3 is 37.9 Å². The van der Waals surface area contributed by atoms with Crippen LogP contribution in [0, 0.1) is 0 Å². The summed E-state index contributed by atoms with van der Waals surface area (Å²) in [6.45, 7) is 15.2. The number of hydrogen-bond donors (Lipinski definition) is 0. The molecule has 0 unspecified atom stereocenters. The van der Waals surface area contributed by atoms with Crippen LogP contribution < -0.4 is 0 Å². The molecule has 0 bridgehead atoms. The lowest BCUT2D eigenvalue weighted by molar-refractivity contribution is -0.0226. The van der Waals surface area contributed by atoms with Gasteiger partial charge in [-0.1, -0.05) is 70.8 Å². The molecular weight excluding hydrogens is 476 g/mol. The van der Waals surface area contributed by atoms with Gasteiger partial charge in [-0.25, -0.2) is 0 Å². The molecule has 222 valence electrons. The van der Waals surface area contributed by atoms with Crippen LogP contribution in [-0.4, -0.2) is 106 Å². The van der Waals surface area contributed by atoms with Crippen LogP contribution in [0.5, 0.6) is 0 Å². The van der Waals surface area contributed by atoms with Crippen molar-refractivity contribution in [3.05, 3.63) is 12.7 Å². The van der Waals surface area contributed by atoms with Gasteiger partial charge in [-0.2, -0.15) is 0 Å². The van der Waals surface area contributed by atoms with Crippen LogP contribution in [0.2, 0.25) is 0 Å². The molecule has 0 rings (SSSR count). The molecule has 0 aliphatic rings. The smallest absolute Gasteiger partial charge is 0.0704 e. The molecule has 0 aliphatic carbocycles. The second-order valence-corrected chi connectivity index (χ2v) is 8.83. The fraction of sp³-hybridized carbons (Fsp3) is 0.931. The molecule has 0 aromatic carbocycles. The van der Waals surface area contributed by atoms with Crippen LogP contribution in [0.1, 0.15) is 71.1 Å². The van der Waals surface area contributed by atoms with E-state index in [0.29, 0.717) is 99.1 Å². The third-order valence-corrected chi connectivity index (χ3v) is 5.48. The summed E-state index contributed by atoms with van der Waals surface area (Å²) in [4.78, 5) is 0. The van der Waals surface area contributed by atoms with E-state index in [0.717, 1.165) is 13.0 Å². The molecule has 0 spiro atoms. The number of unbranched alkanes of at least 4 members (excludes halogenated alkanes) is 9. The van der Waals surface area contributed by atoms with Crippen molar-refractivity contribution in [3.8, 4) is 0 Å². The summed E-state index contributed by atoms with van der Waals surface area (Å²) in [5.74, 6) is 0. The molecule has 8 heteroatoms. The molecule has 0 aromatic rings. The molecule has 0 radical (unpaired) electrons. The lowest BCUT2D eigenvalue weighted by atomic mass is 10.1. The standard InChI is InChI=1S/C29H58O8/c1-3-5-6-7-8-9-10-11-12-13-15-31-17-19-33-21-23-35-25-27-37-29-28-36-26-24-34-22-20-32-18-16-30-14-4-2/h4H,2-3,5-29H2,1H3. The van der Waals surface area contributed by atoms with E-state index in [9.17, 15) is 0 Å². The second kappa shape index (κ2) is 35.4. The predicted molar refractivity (Wildman–Crippen MR) is 149 cm³/mol. The van der Waals surface area contributed by atoms with Gasteiger partial charge in [0.25, 0.3) is 0 Å². The van der Waals surface area contributed by atoms with Gasteiger partial charge in [-0.15, -0.1) is 6.58 Å². The van der Waals surface area contributed by atoms with Crippen molar-refractivity contribution in [3.63, 3.8) is 0 Å². The molecule has 37 heavy (non-hydrogen) atoms. The molecule has 0 saturated heterocycles. The zero-order chi connectivity index (χ0) is 26.7. The highest BCUT2D eigenvalue weighted by atomic mass is 16.6. The highest BCUT2D eigenvalue weighted by Crippen LogP contribution is 2.10. The highest BCUT2D eigenvalue weighted by molar-refractivity contribution is 4.63. The summed E-state index contributed by atoms with van der Waals surface area (Å²) in [6, 6.07) is 0. The maximum Gasteiger partial charge on any atom is 0.0704 e. The van der Waals surface area contributed by atoms with E-state index in [1.54, 1.807) is 6.08 Å². The first-order valence-electron chi connectivity index (χ1n) is 14.6. The predicted octanol–water partition coefficient (Wildman–Crippen LogP) is 5.23. The maximum atomic E-state index is 5.63. The third kappa shape index (κ3) is 35.4. The largest absolute Gasteiger partial charge is 0.379 e. The monoisotopic (exact) mass is 534 g/mol. The minimum atomic E-state index is 0.544. The van der Waals surface area contributed by atoms with Crippen molar-refractivity contribution in [2.24, 2.45) is 0 Å². The van der Waals surface area contributed by atoms with Gasteiger partial charge in [-0.3, -0.25) is 0 Å². The molecular formula is C29H58O8. The fourth-order valence-corrected chi connectivity index (χ4v) is 3.40. The lowest BCUT2D eigenvalue weighted by Gasteiger charge is -2.08. The summed E-state index contributed by atoms with van der Waals surface area (Å²) in [5.41, 5.74) is 0. The Bertz CT molecular complexity index is 411. The van der Waals surface area contributed by atoms with Gasteiger partial charge in [0.2, 0.25) is 0 Å². The van der Waals surface area contributed by atoms with E-state index in [2.05, 4.69) is 13.5 Å². The fourth-order valence-electron chi connectivity index (χ4n) is 3.40. The Balaban J connectivity index is 3.01. The summed E-state index contributed by atoms with van der Waals surface area (Å²) in [7, 11) is 0. The van der Waals surface area contributed by atoms with Gasteiger partial charge in [-0.05, 0) is 6.42 Å². The minimum Gasteiger partial charge on any atom is -0.379 e. The Labute approximate surface area is 227 Å². The summed E-state index contributed by atoms with van der Waals surface area (Å²) in [5, 5.41) is 0. The molecule has 8 nitrogen and oxygen atoms in total. The maximum absolute atomic E-state index is 5.63. The van der Waals surface area contributed by atoms with E-state index in [-0.39, 0.29) is 0 Å². The van der Waals surface area contributed by atoms with Crippen molar-refractivity contribution >= 4 is 0 Å². The molecule has 0 aromatic heterocycles. The van der Waals surface area contributed by atoms with Crippen molar-refractivity contribution in [2.75, 3.05) is 106 Å². The summed E-state index contributed by atoms with van der Waals surface area (Å²) >= 11 is 0. The lowest BCUT2D eigenvalue weighted by Crippen LogP contribution is -2.15. The Morgan fingerprint density at radius 1 is 0.351 bits per heavy atom. The molecule has 0 saturated carbocycles. The van der Waals surface area contributed by atoms with Gasteiger partial charge >= 0.3 is 0 Å². The zero-order valence-corrected chi connectivity index (χ0v) is 23.9. The Hall–Kier alpha value is -0.580. The first kappa shape index (κ1) is 36.4. The SMILES string of the molecule is C=CCOCCOCCOCCOCCOCCOCCOCCOCCCCCCCCCCCC. The van der Waals surface area contributed by atoms with Crippen LogP contribution >= 0.6 is 0 Å². The molecule has 0 atom stereocenters. The van der Waals surface area contributed by atoms with E-state index >= 15 is 0 Å².